The molecule has 1 nitrogen and oxygen atoms in total. The fraction of sp³-hybridized carbons (Fsp3) is 0.182. The minimum atomic E-state index is -0.410. The second-order valence-corrected chi connectivity index (χ2v) is 3.34. The van der Waals surface area contributed by atoms with Gasteiger partial charge in [0, 0.05) is 17.3 Å². The molecule has 70 valence electrons. The number of halogens is 2. The first kappa shape index (κ1) is 10.8. The maximum Gasteiger partial charge on any atom is 0.124 e. The molecule has 0 amide bonds. The van der Waals surface area contributed by atoms with Crippen LogP contribution in [0.5, 0.6) is 0 Å². The third-order valence-electron chi connectivity index (χ3n) is 1.54. The Kier molecular flexibility index (Phi) is 4.16. The van der Waals surface area contributed by atoms with Crippen LogP contribution in [0.1, 0.15) is 17.5 Å². The molecule has 0 unspecified atom stereocenters. The van der Waals surface area contributed by atoms with Gasteiger partial charge in [-0.3, -0.25) is 0 Å². The van der Waals surface area contributed by atoms with Crippen molar-refractivity contribution in [2.24, 2.45) is 0 Å². The van der Waals surface area contributed by atoms with Gasteiger partial charge in [-0.15, -0.1) is 0 Å². The van der Waals surface area contributed by atoms with Crippen molar-refractivity contribution >= 4 is 15.9 Å². The van der Waals surface area contributed by atoms with Crippen LogP contribution in [0.15, 0.2) is 18.2 Å². The Labute approximate surface area is 90.7 Å². The molecule has 1 aromatic carbocycles. The highest BCUT2D eigenvalue weighted by Gasteiger charge is 1.99. The lowest BCUT2D eigenvalue weighted by molar-refractivity contribution is 0.627. The monoisotopic (exact) mass is 251 g/mol. The fourth-order valence-corrected chi connectivity index (χ4v) is 1.12. The normalized spacial score (nSPS) is 8.64. The van der Waals surface area contributed by atoms with Gasteiger partial charge in [-0.05, 0) is 18.2 Å². The third-order valence-corrected chi connectivity index (χ3v) is 1.94. The van der Waals surface area contributed by atoms with E-state index in [1.165, 1.54) is 18.2 Å². The maximum absolute atomic E-state index is 12.7. The van der Waals surface area contributed by atoms with E-state index in [1.807, 2.05) is 6.07 Å². The molecule has 0 saturated carbocycles. The molecule has 0 N–H and O–H groups in total. The van der Waals surface area contributed by atoms with Gasteiger partial charge in [0.1, 0.15) is 11.9 Å². The summed E-state index contributed by atoms with van der Waals surface area (Å²) in [6.45, 7) is 0. The van der Waals surface area contributed by atoms with Crippen molar-refractivity contribution in [2.45, 2.75) is 6.42 Å². The molecule has 0 heterocycles. The topological polar surface area (TPSA) is 23.8 Å². The molecule has 0 aromatic heterocycles. The molecular weight excluding hydrogens is 245 g/mol. The van der Waals surface area contributed by atoms with Crippen LogP contribution in [0.2, 0.25) is 0 Å². The molecule has 0 aliphatic carbocycles. The zero-order chi connectivity index (χ0) is 10.4. The number of nitriles is 1. The molecule has 1 rings (SSSR count). The first-order valence-corrected chi connectivity index (χ1v) is 5.14. The van der Waals surface area contributed by atoms with E-state index in [1.54, 1.807) is 0 Å². The van der Waals surface area contributed by atoms with Gasteiger partial charge in [-0.25, -0.2) is 4.39 Å². The van der Waals surface area contributed by atoms with Crippen molar-refractivity contribution in [3.63, 3.8) is 0 Å². The second kappa shape index (κ2) is 5.42. The van der Waals surface area contributed by atoms with Gasteiger partial charge in [0.05, 0.1) is 5.56 Å². The molecular formula is C11H7BrFN. The summed E-state index contributed by atoms with van der Waals surface area (Å²) in [5.74, 6) is 5.29. The van der Waals surface area contributed by atoms with Gasteiger partial charge < -0.3 is 0 Å². The fourth-order valence-electron chi connectivity index (χ4n) is 0.923. The van der Waals surface area contributed by atoms with Crippen LogP contribution in [0.4, 0.5) is 4.39 Å². The van der Waals surface area contributed by atoms with E-state index in [9.17, 15) is 4.39 Å². The highest BCUT2D eigenvalue weighted by atomic mass is 79.9. The quantitative estimate of drug-likeness (QED) is 0.557. The van der Waals surface area contributed by atoms with Crippen molar-refractivity contribution in [3.05, 3.63) is 35.1 Å². The van der Waals surface area contributed by atoms with Gasteiger partial charge in [-0.1, -0.05) is 27.8 Å². The summed E-state index contributed by atoms with van der Waals surface area (Å²) in [5, 5.41) is 9.50. The number of benzene rings is 1. The lowest BCUT2D eigenvalue weighted by Gasteiger charge is -1.94. The third kappa shape index (κ3) is 2.87. The van der Waals surface area contributed by atoms with Gasteiger partial charge in [0.15, 0.2) is 0 Å². The molecule has 0 saturated heterocycles. The van der Waals surface area contributed by atoms with Crippen LogP contribution < -0.4 is 0 Å². The lowest BCUT2D eigenvalue weighted by Crippen LogP contribution is -1.85. The van der Waals surface area contributed by atoms with E-state index in [0.717, 1.165) is 5.33 Å². The van der Waals surface area contributed by atoms with E-state index in [2.05, 4.69) is 27.8 Å². The van der Waals surface area contributed by atoms with Crippen LogP contribution in [-0.4, -0.2) is 5.33 Å². The number of nitrogens with zero attached hydrogens (tertiary/aromatic N) is 1. The predicted molar refractivity (Wildman–Crippen MR) is 56.4 cm³/mol. The highest BCUT2D eigenvalue weighted by Crippen LogP contribution is 2.08. The molecule has 0 radical (unpaired) electrons. The molecule has 0 atom stereocenters. The Morgan fingerprint density at radius 1 is 1.36 bits per heavy atom. The van der Waals surface area contributed by atoms with E-state index in [-0.39, 0.29) is 5.56 Å². The zero-order valence-electron chi connectivity index (χ0n) is 7.35. The van der Waals surface area contributed by atoms with Crippen LogP contribution in [0.3, 0.4) is 0 Å². The molecule has 14 heavy (non-hydrogen) atoms. The molecule has 0 spiro atoms. The molecule has 0 fully saturated rings. The summed E-state index contributed by atoms with van der Waals surface area (Å²) < 4.78 is 12.7. The Hall–Kier alpha value is -1.32. The van der Waals surface area contributed by atoms with Crippen LogP contribution in [-0.2, 0) is 0 Å². The van der Waals surface area contributed by atoms with Crippen LogP contribution in [0.25, 0.3) is 0 Å². The molecule has 0 bridgehead atoms. The summed E-state index contributed by atoms with van der Waals surface area (Å²) in [6, 6.07) is 5.93. The van der Waals surface area contributed by atoms with Gasteiger partial charge >= 0.3 is 0 Å². The number of hydrogen-bond acceptors (Lipinski definition) is 1. The predicted octanol–water partition coefficient (Wildman–Crippen LogP) is 2.83. The largest absolute Gasteiger partial charge is 0.207 e. The van der Waals surface area contributed by atoms with Crippen molar-refractivity contribution in [2.75, 3.05) is 5.33 Å². The van der Waals surface area contributed by atoms with Crippen LogP contribution >= 0.6 is 15.9 Å². The van der Waals surface area contributed by atoms with E-state index in [4.69, 9.17) is 5.26 Å². The number of alkyl halides is 1. The Morgan fingerprint density at radius 2 is 2.14 bits per heavy atom. The van der Waals surface area contributed by atoms with E-state index < -0.39 is 5.82 Å². The second-order valence-electron chi connectivity index (χ2n) is 2.54. The minimum Gasteiger partial charge on any atom is -0.207 e. The van der Waals surface area contributed by atoms with Gasteiger partial charge in [0.2, 0.25) is 0 Å². The maximum atomic E-state index is 12.7. The van der Waals surface area contributed by atoms with Crippen molar-refractivity contribution in [1.29, 1.82) is 5.26 Å². The number of hydrogen-bond donors (Lipinski definition) is 0. The van der Waals surface area contributed by atoms with Gasteiger partial charge in [0.25, 0.3) is 0 Å². The molecule has 3 heteroatoms. The number of rotatable bonds is 1. The minimum absolute atomic E-state index is 0.284. The van der Waals surface area contributed by atoms with Crippen molar-refractivity contribution in [3.8, 4) is 17.9 Å². The average Bonchev–Trinajstić information content (AvgIpc) is 2.20. The molecule has 0 aliphatic rings. The highest BCUT2D eigenvalue weighted by molar-refractivity contribution is 9.09. The standard InChI is InChI=1S/C11H7BrFN/c12-6-2-1-3-9-4-5-11(13)7-10(9)8-14/h4-5,7H,2,6H2. The van der Waals surface area contributed by atoms with Gasteiger partial charge in [-0.2, -0.15) is 5.26 Å². The molecule has 1 aromatic rings. The summed E-state index contributed by atoms with van der Waals surface area (Å²) in [6.07, 6.45) is 0.711. The first-order valence-electron chi connectivity index (χ1n) is 4.02. The Morgan fingerprint density at radius 3 is 2.79 bits per heavy atom. The first-order chi connectivity index (χ1) is 6.77. The van der Waals surface area contributed by atoms with Crippen molar-refractivity contribution < 1.29 is 4.39 Å². The summed E-state index contributed by atoms with van der Waals surface area (Å²) in [7, 11) is 0. The smallest absolute Gasteiger partial charge is 0.124 e. The zero-order valence-corrected chi connectivity index (χ0v) is 8.94. The SMILES string of the molecule is N#Cc1cc(F)ccc1C#CCCBr. The van der Waals surface area contributed by atoms with Crippen LogP contribution in [0, 0.1) is 29.0 Å². The van der Waals surface area contributed by atoms with E-state index >= 15 is 0 Å². The summed E-state index contributed by atoms with van der Waals surface area (Å²) in [5.41, 5.74) is 0.863. The summed E-state index contributed by atoms with van der Waals surface area (Å²) in [4.78, 5) is 0. The van der Waals surface area contributed by atoms with E-state index in [0.29, 0.717) is 12.0 Å². The Balaban J connectivity index is 3.00. The Bertz CT molecular complexity index is 423. The van der Waals surface area contributed by atoms with Crippen molar-refractivity contribution in [1.82, 2.24) is 0 Å². The molecule has 0 aliphatic heterocycles. The lowest BCUT2D eigenvalue weighted by atomic mass is 10.1. The average molecular weight is 252 g/mol. The summed E-state index contributed by atoms with van der Waals surface area (Å²) >= 11 is 3.24.